The van der Waals surface area contributed by atoms with Crippen molar-refractivity contribution in [3.8, 4) is 0 Å². The number of anilines is 1. The molecule has 0 spiro atoms. The van der Waals surface area contributed by atoms with Gasteiger partial charge in [0.1, 0.15) is 6.54 Å². The summed E-state index contributed by atoms with van der Waals surface area (Å²) in [6, 6.07) is 8.22. The maximum atomic E-state index is 12.7. The molecular formula is C40H54N3O15S6+. The molecule has 1 atom stereocenters. The molecule has 0 bridgehead atoms. The molecule has 24 heteroatoms. The average molecular weight is 1010 g/mol. The van der Waals surface area contributed by atoms with Crippen molar-refractivity contribution in [1.82, 2.24) is 5.32 Å². The first-order valence-corrected chi connectivity index (χ1v) is 28.6. The van der Waals surface area contributed by atoms with Gasteiger partial charge in [0.25, 0.3) is 40.5 Å². The predicted molar refractivity (Wildman–Crippen MR) is 247 cm³/mol. The number of unbranched alkanes of at least 4 members (excludes halogenated alkanes) is 1. The normalized spacial score (nSPS) is 18.4. The van der Waals surface area contributed by atoms with Gasteiger partial charge in [0.05, 0.1) is 33.1 Å². The lowest BCUT2D eigenvalue weighted by Gasteiger charge is -2.30. The molecule has 2 heterocycles. The topological polar surface area (TPSA) is 290 Å². The van der Waals surface area contributed by atoms with Gasteiger partial charge in [0, 0.05) is 71.9 Å². The van der Waals surface area contributed by atoms with E-state index < -0.39 is 68.8 Å². The molecule has 64 heavy (non-hydrogen) atoms. The third kappa shape index (κ3) is 14.7. The van der Waals surface area contributed by atoms with E-state index >= 15 is 0 Å². The smallest absolute Gasteiger partial charge is 0.304 e. The van der Waals surface area contributed by atoms with Gasteiger partial charge in [-0.3, -0.25) is 27.8 Å². The van der Waals surface area contributed by atoms with Crippen LogP contribution < -0.4 is 10.2 Å². The van der Waals surface area contributed by atoms with Crippen molar-refractivity contribution in [3.63, 3.8) is 0 Å². The number of fused-ring (bicyclic) bond motifs is 2. The summed E-state index contributed by atoms with van der Waals surface area (Å²) in [5.41, 5.74) is 1.66. The Bertz CT molecular complexity index is 2660. The zero-order valence-electron chi connectivity index (χ0n) is 35.4. The van der Waals surface area contributed by atoms with Crippen LogP contribution in [-0.4, -0.2) is 122 Å². The van der Waals surface area contributed by atoms with Gasteiger partial charge < -0.3 is 15.3 Å². The maximum Gasteiger partial charge on any atom is 0.304 e. The summed E-state index contributed by atoms with van der Waals surface area (Å²) in [7, 11) is -14.9. The number of carbonyl (C=O) groups excluding carboxylic acids is 1. The Morgan fingerprint density at radius 2 is 1.36 bits per heavy atom. The van der Waals surface area contributed by atoms with Crippen LogP contribution in [0, 0.1) is 0 Å². The molecule has 0 saturated heterocycles. The van der Waals surface area contributed by atoms with Crippen LogP contribution in [0.3, 0.4) is 0 Å². The number of allylic oxidation sites excluding steroid dienone is 6. The molecule has 18 nitrogen and oxygen atoms in total. The van der Waals surface area contributed by atoms with Crippen LogP contribution in [0.15, 0.2) is 82.3 Å². The van der Waals surface area contributed by atoms with Gasteiger partial charge >= 0.3 is 5.97 Å². The van der Waals surface area contributed by atoms with Crippen LogP contribution in [0.2, 0.25) is 0 Å². The van der Waals surface area contributed by atoms with Crippen molar-refractivity contribution in [1.29, 1.82) is 0 Å². The van der Waals surface area contributed by atoms with Crippen LogP contribution >= 0.6 is 21.6 Å². The van der Waals surface area contributed by atoms with Crippen molar-refractivity contribution in [3.05, 3.63) is 83.6 Å². The minimum Gasteiger partial charge on any atom is -0.481 e. The second-order valence-electron chi connectivity index (χ2n) is 15.9. The standard InChI is InChI=1S/C40H53N3O15S6/c1-39(2)31-27-29(63(53,54)55)14-16-33(31)42(21-9-25-61(47,48)49)35(39)11-5-4-6-12-36-40(3,19-8-7-13-37(44)41-20-24-60-59-23-18-38(45)46)32-28-30(64(56,57)58)15-17-34(32)43(36)22-10-26-62(50,51)52/h4-6,11-12,14-17,27-28H,7-10,13,18-26H2,1-3H3,(H5-,41,44,45,46,47,48,49,50,51,52,53,54,55,56,57,58)/p+1. The van der Waals surface area contributed by atoms with Crippen molar-refractivity contribution < 1.29 is 71.2 Å². The summed E-state index contributed by atoms with van der Waals surface area (Å²) in [6.07, 6.45) is 10.2. The number of aliphatic carboxylic acids is 1. The highest BCUT2D eigenvalue weighted by Crippen LogP contribution is 2.51. The largest absolute Gasteiger partial charge is 0.481 e. The second kappa shape index (κ2) is 21.8. The number of carboxylic acids is 1. The Morgan fingerprint density at radius 3 is 1.98 bits per heavy atom. The summed E-state index contributed by atoms with van der Waals surface area (Å²) < 4.78 is 136. The monoisotopic (exact) mass is 1010 g/mol. The summed E-state index contributed by atoms with van der Waals surface area (Å²) in [5.74, 6) is -1.10. The molecule has 2 aliphatic rings. The van der Waals surface area contributed by atoms with Crippen molar-refractivity contribution in [2.24, 2.45) is 0 Å². The number of nitrogens with one attached hydrogen (secondary N) is 1. The fourth-order valence-corrected chi connectivity index (χ4v) is 11.6. The third-order valence-electron chi connectivity index (χ3n) is 10.8. The molecule has 0 fully saturated rings. The molecule has 1 amide bonds. The number of benzene rings is 2. The van der Waals surface area contributed by atoms with E-state index in [0.717, 1.165) is 0 Å². The highest BCUT2D eigenvalue weighted by Gasteiger charge is 2.45. The Kier molecular flexibility index (Phi) is 18.1. The molecule has 1 unspecified atom stereocenters. The summed E-state index contributed by atoms with van der Waals surface area (Å²) >= 11 is 0. The van der Waals surface area contributed by atoms with Crippen LogP contribution in [0.1, 0.15) is 76.8 Å². The van der Waals surface area contributed by atoms with Crippen LogP contribution in [-0.2, 0) is 60.9 Å². The quantitative estimate of drug-likeness (QED) is 0.0238. The highest BCUT2D eigenvalue weighted by atomic mass is 33.1. The average Bonchev–Trinajstić information content (AvgIpc) is 3.53. The summed E-state index contributed by atoms with van der Waals surface area (Å²) in [6.45, 7) is 6.14. The molecule has 354 valence electrons. The minimum atomic E-state index is -4.64. The molecular weight excluding hydrogens is 955 g/mol. The molecule has 0 saturated carbocycles. The molecule has 2 aromatic rings. The van der Waals surface area contributed by atoms with Gasteiger partial charge in [-0.05, 0) is 82.0 Å². The van der Waals surface area contributed by atoms with Crippen LogP contribution in [0.25, 0.3) is 0 Å². The first kappa shape index (κ1) is 53.0. The van der Waals surface area contributed by atoms with Gasteiger partial charge in [0.2, 0.25) is 11.6 Å². The second-order valence-corrected chi connectivity index (χ2v) is 24.6. The van der Waals surface area contributed by atoms with E-state index in [1.54, 1.807) is 35.0 Å². The number of nitrogens with zero attached hydrogens (tertiary/aromatic N) is 2. The molecule has 4 rings (SSSR count). The van der Waals surface area contributed by atoms with Gasteiger partial charge in [-0.2, -0.15) is 38.2 Å². The minimum absolute atomic E-state index is 0.00738. The Hall–Kier alpha value is -3.59. The highest BCUT2D eigenvalue weighted by molar-refractivity contribution is 8.76. The zero-order chi connectivity index (χ0) is 47.7. The fraction of sp³-hybridized carbons (Fsp3) is 0.475. The predicted octanol–water partition coefficient (Wildman–Crippen LogP) is 5.42. The lowest BCUT2D eigenvalue weighted by Crippen LogP contribution is -2.30. The number of amides is 1. The van der Waals surface area contributed by atoms with Crippen molar-refractivity contribution in [2.75, 3.05) is 47.5 Å². The SMILES string of the molecule is CC1(C)C(/C=C/C=C/C=C2/N(CCCS(=O)(=O)O)c3ccc(S(=O)(=O)O)cc3C2(C)CCCCC(=O)NCCSSCCC(=O)O)=[N+](CCCS(=O)(=O)O)c2ccc(S(=O)(=O)O)cc21. The van der Waals surface area contributed by atoms with E-state index in [0.29, 0.717) is 71.2 Å². The molecule has 6 N–H and O–H groups in total. The Labute approximate surface area is 382 Å². The number of hydrogen-bond donors (Lipinski definition) is 6. The number of hydrogen-bond acceptors (Lipinski definition) is 13. The van der Waals surface area contributed by atoms with E-state index in [-0.39, 0.29) is 54.5 Å². The Balaban J connectivity index is 1.66. The van der Waals surface area contributed by atoms with Crippen LogP contribution in [0.5, 0.6) is 0 Å². The summed E-state index contributed by atoms with van der Waals surface area (Å²) in [4.78, 5) is 24.5. The van der Waals surface area contributed by atoms with E-state index in [1.165, 1.54) is 58.0 Å². The van der Waals surface area contributed by atoms with E-state index in [9.17, 15) is 61.5 Å². The molecule has 0 radical (unpaired) electrons. The first-order chi connectivity index (χ1) is 29.6. The Morgan fingerprint density at radius 1 is 0.750 bits per heavy atom. The fourth-order valence-electron chi connectivity index (χ4n) is 7.75. The van der Waals surface area contributed by atoms with E-state index in [2.05, 4.69) is 5.32 Å². The molecule has 0 aromatic heterocycles. The van der Waals surface area contributed by atoms with Crippen LogP contribution in [0.4, 0.5) is 11.4 Å². The van der Waals surface area contributed by atoms with E-state index in [1.807, 2.05) is 25.7 Å². The molecule has 0 aliphatic carbocycles. The van der Waals surface area contributed by atoms with Gasteiger partial charge in [-0.1, -0.05) is 46.2 Å². The number of carbonyl (C=O) groups is 2. The summed E-state index contributed by atoms with van der Waals surface area (Å²) in [5, 5.41) is 11.6. The van der Waals surface area contributed by atoms with E-state index in [4.69, 9.17) is 5.11 Å². The lowest BCUT2D eigenvalue weighted by molar-refractivity contribution is -0.437. The van der Waals surface area contributed by atoms with Crippen molar-refractivity contribution in [2.45, 2.75) is 86.3 Å². The van der Waals surface area contributed by atoms with Gasteiger partial charge in [0.15, 0.2) is 5.71 Å². The molecule has 2 aromatic carbocycles. The molecule has 2 aliphatic heterocycles. The zero-order valence-corrected chi connectivity index (χ0v) is 40.3. The third-order valence-corrected chi connectivity index (χ3v) is 16.5. The number of rotatable bonds is 25. The van der Waals surface area contributed by atoms with Gasteiger partial charge in [-0.25, -0.2) is 0 Å². The first-order valence-electron chi connectivity index (χ1n) is 20.0. The lowest BCUT2D eigenvalue weighted by atomic mass is 9.77. The number of carboxylic acid groups (broad SMARTS) is 1. The van der Waals surface area contributed by atoms with Gasteiger partial charge in [-0.15, -0.1) is 0 Å². The maximum absolute atomic E-state index is 12.7. The van der Waals surface area contributed by atoms with Crippen molar-refractivity contribution >= 4 is 91.0 Å².